The largest absolute Gasteiger partial charge is 0.301 e. The zero-order valence-corrected chi connectivity index (χ0v) is 11.0. The molecular weight excluding hydrogens is 236 g/mol. The van der Waals surface area contributed by atoms with E-state index < -0.39 is 10.2 Å². The first-order valence-electron chi connectivity index (χ1n) is 5.85. The molecule has 2 rings (SSSR count). The van der Waals surface area contributed by atoms with Crippen molar-refractivity contribution >= 4 is 15.9 Å². The second kappa shape index (κ2) is 4.66. The Hall–Kier alpha value is -1.07. The molecule has 1 fully saturated rings. The average Bonchev–Trinajstić information content (AvgIpc) is 2.77. The molecule has 1 aromatic rings. The van der Waals surface area contributed by atoms with Crippen LogP contribution in [-0.4, -0.2) is 25.8 Å². The van der Waals surface area contributed by atoms with Gasteiger partial charge in [-0.05, 0) is 37.8 Å². The summed E-state index contributed by atoms with van der Waals surface area (Å²) in [7, 11) is -3.37. The molecule has 1 aliphatic heterocycles. The summed E-state index contributed by atoms with van der Waals surface area (Å²) < 4.78 is 28.5. The second-order valence-electron chi connectivity index (χ2n) is 4.48. The number of rotatable bonds is 3. The number of anilines is 1. The van der Waals surface area contributed by atoms with Crippen molar-refractivity contribution in [1.29, 1.82) is 0 Å². The van der Waals surface area contributed by atoms with E-state index in [9.17, 15) is 8.42 Å². The third-order valence-corrected chi connectivity index (χ3v) is 4.62. The Morgan fingerprint density at radius 3 is 2.18 bits per heavy atom. The highest BCUT2D eigenvalue weighted by atomic mass is 32.2. The normalized spacial score (nSPS) is 17.3. The minimum absolute atomic E-state index is 0.625. The van der Waals surface area contributed by atoms with Crippen LogP contribution in [0.3, 0.4) is 0 Å². The Morgan fingerprint density at radius 1 is 1.12 bits per heavy atom. The molecule has 1 saturated heterocycles. The molecule has 0 aromatic heterocycles. The van der Waals surface area contributed by atoms with Crippen LogP contribution in [0.4, 0.5) is 5.69 Å². The maximum absolute atomic E-state index is 12.1. The molecule has 5 heteroatoms. The lowest BCUT2D eigenvalue weighted by atomic mass is 10.1. The van der Waals surface area contributed by atoms with Gasteiger partial charge in [0.15, 0.2) is 0 Å². The number of para-hydroxylation sites is 1. The standard InChI is InChI=1S/C12H18N2O2S/c1-10-6-5-7-11(2)12(10)13-17(15,16)14-8-3-4-9-14/h5-7,13H,3-4,8-9H2,1-2H3. The average molecular weight is 254 g/mol. The van der Waals surface area contributed by atoms with Crippen molar-refractivity contribution in [3.05, 3.63) is 29.3 Å². The van der Waals surface area contributed by atoms with Gasteiger partial charge in [-0.1, -0.05) is 18.2 Å². The van der Waals surface area contributed by atoms with E-state index in [1.807, 2.05) is 32.0 Å². The smallest absolute Gasteiger partial charge is 0.270 e. The highest BCUT2D eigenvalue weighted by Gasteiger charge is 2.25. The van der Waals surface area contributed by atoms with Crippen LogP contribution in [0.5, 0.6) is 0 Å². The lowest BCUT2D eigenvalue weighted by molar-refractivity contribution is 0.482. The molecule has 1 heterocycles. The molecule has 0 aliphatic carbocycles. The fraction of sp³-hybridized carbons (Fsp3) is 0.500. The summed E-state index contributed by atoms with van der Waals surface area (Å²) in [6, 6.07) is 5.75. The van der Waals surface area contributed by atoms with Crippen LogP contribution in [0.1, 0.15) is 24.0 Å². The quantitative estimate of drug-likeness (QED) is 0.897. The summed E-state index contributed by atoms with van der Waals surface area (Å²) in [6.45, 7) is 5.07. The van der Waals surface area contributed by atoms with Gasteiger partial charge in [0.2, 0.25) is 0 Å². The molecule has 0 saturated carbocycles. The van der Waals surface area contributed by atoms with Gasteiger partial charge < -0.3 is 0 Å². The van der Waals surface area contributed by atoms with E-state index in [1.54, 1.807) is 0 Å². The van der Waals surface area contributed by atoms with Crippen molar-refractivity contribution < 1.29 is 8.42 Å². The Morgan fingerprint density at radius 2 is 1.65 bits per heavy atom. The van der Waals surface area contributed by atoms with Crippen LogP contribution < -0.4 is 4.72 Å². The van der Waals surface area contributed by atoms with Crippen LogP contribution in [-0.2, 0) is 10.2 Å². The first-order valence-corrected chi connectivity index (χ1v) is 7.29. The molecule has 94 valence electrons. The number of aryl methyl sites for hydroxylation is 2. The highest BCUT2D eigenvalue weighted by molar-refractivity contribution is 7.90. The van der Waals surface area contributed by atoms with E-state index in [0.29, 0.717) is 18.8 Å². The minimum atomic E-state index is -3.37. The number of nitrogens with one attached hydrogen (secondary N) is 1. The summed E-state index contributed by atoms with van der Waals surface area (Å²) in [5.41, 5.74) is 2.61. The van der Waals surface area contributed by atoms with E-state index >= 15 is 0 Å². The first-order chi connectivity index (χ1) is 8.00. The lowest BCUT2D eigenvalue weighted by Crippen LogP contribution is -2.33. The molecule has 1 aromatic carbocycles. The minimum Gasteiger partial charge on any atom is -0.270 e. The number of nitrogens with zero attached hydrogens (tertiary/aromatic N) is 1. The Kier molecular flexibility index (Phi) is 3.40. The van der Waals surface area contributed by atoms with Crippen molar-refractivity contribution in [2.24, 2.45) is 0 Å². The number of hydrogen-bond donors (Lipinski definition) is 1. The lowest BCUT2D eigenvalue weighted by Gasteiger charge is -2.19. The van der Waals surface area contributed by atoms with Crippen LogP contribution in [0, 0.1) is 13.8 Å². The maximum atomic E-state index is 12.1. The monoisotopic (exact) mass is 254 g/mol. The molecule has 0 unspecified atom stereocenters. The number of benzene rings is 1. The van der Waals surface area contributed by atoms with Gasteiger partial charge in [-0.3, -0.25) is 4.72 Å². The van der Waals surface area contributed by atoms with Crippen molar-refractivity contribution in [3.63, 3.8) is 0 Å². The topological polar surface area (TPSA) is 49.4 Å². The van der Waals surface area contributed by atoms with E-state index in [4.69, 9.17) is 0 Å². The summed E-state index contributed by atoms with van der Waals surface area (Å²) in [4.78, 5) is 0. The molecular formula is C12H18N2O2S. The van der Waals surface area contributed by atoms with Gasteiger partial charge in [0.1, 0.15) is 0 Å². The summed E-state index contributed by atoms with van der Waals surface area (Å²) in [5, 5.41) is 0. The predicted molar refractivity (Wildman–Crippen MR) is 69.3 cm³/mol. The van der Waals surface area contributed by atoms with Crippen LogP contribution in [0.25, 0.3) is 0 Å². The van der Waals surface area contributed by atoms with E-state index in [0.717, 1.165) is 24.0 Å². The van der Waals surface area contributed by atoms with Crippen molar-refractivity contribution in [2.75, 3.05) is 17.8 Å². The summed E-state index contributed by atoms with van der Waals surface area (Å²) in [5.74, 6) is 0. The third kappa shape index (κ3) is 2.61. The van der Waals surface area contributed by atoms with Crippen LogP contribution in [0.15, 0.2) is 18.2 Å². The fourth-order valence-electron chi connectivity index (χ4n) is 2.10. The SMILES string of the molecule is Cc1cccc(C)c1NS(=O)(=O)N1CCCC1. The molecule has 0 spiro atoms. The van der Waals surface area contributed by atoms with Crippen molar-refractivity contribution in [3.8, 4) is 0 Å². The zero-order chi connectivity index (χ0) is 12.5. The molecule has 4 nitrogen and oxygen atoms in total. The molecule has 0 radical (unpaired) electrons. The molecule has 1 N–H and O–H groups in total. The van der Waals surface area contributed by atoms with Gasteiger partial charge in [-0.2, -0.15) is 12.7 Å². The summed E-state index contributed by atoms with van der Waals surface area (Å²) >= 11 is 0. The van der Waals surface area contributed by atoms with Gasteiger partial charge in [0.05, 0.1) is 5.69 Å². The Balaban J connectivity index is 2.26. The molecule has 0 amide bonds. The molecule has 0 bridgehead atoms. The fourth-order valence-corrected chi connectivity index (χ4v) is 3.55. The van der Waals surface area contributed by atoms with Crippen molar-refractivity contribution in [1.82, 2.24) is 4.31 Å². The second-order valence-corrected chi connectivity index (χ2v) is 6.15. The molecule has 0 atom stereocenters. The maximum Gasteiger partial charge on any atom is 0.301 e. The van der Waals surface area contributed by atoms with Gasteiger partial charge in [-0.15, -0.1) is 0 Å². The highest BCUT2D eigenvalue weighted by Crippen LogP contribution is 2.23. The van der Waals surface area contributed by atoms with E-state index in [-0.39, 0.29) is 0 Å². The van der Waals surface area contributed by atoms with Crippen LogP contribution in [0.2, 0.25) is 0 Å². The Labute approximate surface area is 103 Å². The van der Waals surface area contributed by atoms with Gasteiger partial charge in [0.25, 0.3) is 0 Å². The third-order valence-electron chi connectivity index (χ3n) is 3.12. The molecule has 17 heavy (non-hydrogen) atoms. The Bertz CT molecular complexity index is 485. The van der Waals surface area contributed by atoms with E-state index in [1.165, 1.54) is 4.31 Å². The van der Waals surface area contributed by atoms with E-state index in [2.05, 4.69) is 4.72 Å². The summed E-state index contributed by atoms with van der Waals surface area (Å²) in [6.07, 6.45) is 1.90. The van der Waals surface area contributed by atoms with Crippen LogP contribution >= 0.6 is 0 Å². The predicted octanol–water partition coefficient (Wildman–Crippen LogP) is 2.06. The van der Waals surface area contributed by atoms with Crippen molar-refractivity contribution in [2.45, 2.75) is 26.7 Å². The van der Waals surface area contributed by atoms with Gasteiger partial charge in [-0.25, -0.2) is 0 Å². The van der Waals surface area contributed by atoms with Gasteiger partial charge >= 0.3 is 10.2 Å². The zero-order valence-electron chi connectivity index (χ0n) is 10.2. The first kappa shape index (κ1) is 12.4. The molecule has 1 aliphatic rings. The van der Waals surface area contributed by atoms with Gasteiger partial charge in [0, 0.05) is 13.1 Å². The number of hydrogen-bond acceptors (Lipinski definition) is 2.